The Bertz CT molecular complexity index is 288. The zero-order chi connectivity index (χ0) is 9.10. The summed E-state index contributed by atoms with van der Waals surface area (Å²) in [5.74, 6) is 0.951. The Balaban J connectivity index is 0.000000980. The van der Waals surface area contributed by atoms with Crippen molar-refractivity contribution in [3.05, 3.63) is 11.8 Å². The molecule has 1 aromatic rings. The van der Waals surface area contributed by atoms with Gasteiger partial charge in [0.05, 0.1) is 6.20 Å². The summed E-state index contributed by atoms with van der Waals surface area (Å²) in [7, 11) is 0. The minimum absolute atomic E-state index is 0. The van der Waals surface area contributed by atoms with Gasteiger partial charge in [0, 0.05) is 25.2 Å². The third-order valence-electron chi connectivity index (χ3n) is 2.13. The molecule has 0 saturated heterocycles. The molecule has 1 aliphatic rings. The first-order chi connectivity index (χ1) is 6.42. The van der Waals surface area contributed by atoms with Crippen molar-refractivity contribution in [1.82, 2.24) is 15.1 Å². The van der Waals surface area contributed by atoms with Crippen molar-refractivity contribution in [2.24, 2.45) is 0 Å². The largest absolute Gasteiger partial charge is 0.476 e. The van der Waals surface area contributed by atoms with Crippen molar-refractivity contribution >= 4 is 12.4 Å². The first-order valence-corrected chi connectivity index (χ1v) is 4.80. The first kappa shape index (κ1) is 11.3. The van der Waals surface area contributed by atoms with E-state index in [9.17, 15) is 0 Å². The van der Waals surface area contributed by atoms with Crippen molar-refractivity contribution in [2.75, 3.05) is 13.2 Å². The van der Waals surface area contributed by atoms with E-state index >= 15 is 0 Å². The number of aromatic nitrogens is 2. The molecule has 80 valence electrons. The number of hydrogen-bond acceptors (Lipinski definition) is 3. The summed E-state index contributed by atoms with van der Waals surface area (Å²) in [4.78, 5) is 0. The molecule has 14 heavy (non-hydrogen) atoms. The second-order valence-corrected chi connectivity index (χ2v) is 3.22. The topological polar surface area (TPSA) is 39.1 Å². The van der Waals surface area contributed by atoms with E-state index in [2.05, 4.69) is 17.3 Å². The van der Waals surface area contributed by atoms with Crippen LogP contribution in [0.1, 0.15) is 18.9 Å². The zero-order valence-electron chi connectivity index (χ0n) is 8.32. The van der Waals surface area contributed by atoms with Crippen LogP contribution in [-0.4, -0.2) is 22.9 Å². The van der Waals surface area contributed by atoms with Crippen molar-refractivity contribution < 1.29 is 4.74 Å². The quantitative estimate of drug-likeness (QED) is 0.809. The lowest BCUT2D eigenvalue weighted by atomic mass is 10.3. The van der Waals surface area contributed by atoms with Crippen LogP contribution in [0.25, 0.3) is 0 Å². The Morgan fingerprint density at radius 3 is 3.29 bits per heavy atom. The van der Waals surface area contributed by atoms with Crippen LogP contribution in [0, 0.1) is 0 Å². The maximum absolute atomic E-state index is 5.61. The number of rotatable bonds is 2. The smallest absolute Gasteiger partial charge is 0.216 e. The molecule has 1 N–H and O–H groups in total. The van der Waals surface area contributed by atoms with Gasteiger partial charge in [0.2, 0.25) is 5.88 Å². The second kappa shape index (κ2) is 5.22. The van der Waals surface area contributed by atoms with Gasteiger partial charge in [0.15, 0.2) is 0 Å². The maximum Gasteiger partial charge on any atom is 0.216 e. The average molecular weight is 218 g/mol. The van der Waals surface area contributed by atoms with Gasteiger partial charge in [-0.05, 0) is 6.42 Å². The molecule has 2 heterocycles. The molecule has 0 amide bonds. The molecule has 4 nitrogen and oxygen atoms in total. The minimum Gasteiger partial charge on any atom is -0.476 e. The van der Waals surface area contributed by atoms with Gasteiger partial charge in [0.1, 0.15) is 6.61 Å². The fourth-order valence-corrected chi connectivity index (χ4v) is 1.52. The van der Waals surface area contributed by atoms with Gasteiger partial charge in [-0.25, -0.2) is 4.68 Å². The van der Waals surface area contributed by atoms with Crippen LogP contribution in [-0.2, 0) is 13.1 Å². The summed E-state index contributed by atoms with van der Waals surface area (Å²) in [6.07, 6.45) is 2.98. The summed E-state index contributed by atoms with van der Waals surface area (Å²) in [5.41, 5.74) is 1.17. The predicted molar refractivity (Wildman–Crippen MR) is 57.0 cm³/mol. The van der Waals surface area contributed by atoms with Crippen LogP contribution in [0.4, 0.5) is 0 Å². The second-order valence-electron chi connectivity index (χ2n) is 3.22. The molecule has 0 aliphatic carbocycles. The van der Waals surface area contributed by atoms with E-state index in [0.29, 0.717) is 0 Å². The SMILES string of the molecule is CCCn1ncc2c1OCCNC2.Cl. The highest BCUT2D eigenvalue weighted by Gasteiger charge is 2.13. The zero-order valence-corrected chi connectivity index (χ0v) is 9.14. The van der Waals surface area contributed by atoms with Crippen LogP contribution >= 0.6 is 12.4 Å². The number of nitrogens with one attached hydrogen (secondary N) is 1. The highest BCUT2D eigenvalue weighted by Crippen LogP contribution is 2.19. The van der Waals surface area contributed by atoms with Crippen LogP contribution in [0.15, 0.2) is 6.20 Å². The van der Waals surface area contributed by atoms with E-state index in [4.69, 9.17) is 4.74 Å². The van der Waals surface area contributed by atoms with Crippen molar-refractivity contribution in [1.29, 1.82) is 0 Å². The Morgan fingerprint density at radius 1 is 1.64 bits per heavy atom. The Labute approximate surface area is 90.0 Å². The van der Waals surface area contributed by atoms with Crippen LogP contribution in [0.3, 0.4) is 0 Å². The summed E-state index contributed by atoms with van der Waals surface area (Å²) in [5, 5.41) is 7.56. The van der Waals surface area contributed by atoms with Gasteiger partial charge in [-0.3, -0.25) is 0 Å². The summed E-state index contributed by atoms with van der Waals surface area (Å²) >= 11 is 0. The van der Waals surface area contributed by atoms with Gasteiger partial charge in [-0.1, -0.05) is 6.92 Å². The third kappa shape index (κ3) is 2.19. The summed E-state index contributed by atoms with van der Waals surface area (Å²) in [6.45, 7) is 5.61. The summed E-state index contributed by atoms with van der Waals surface area (Å²) in [6, 6.07) is 0. The van der Waals surface area contributed by atoms with Crippen molar-refractivity contribution in [2.45, 2.75) is 26.4 Å². The molecule has 0 bridgehead atoms. The Hall–Kier alpha value is -0.740. The van der Waals surface area contributed by atoms with E-state index < -0.39 is 0 Å². The molecule has 0 spiro atoms. The fraction of sp³-hybridized carbons (Fsp3) is 0.667. The average Bonchev–Trinajstić information content (AvgIpc) is 2.38. The highest BCUT2D eigenvalue weighted by atomic mass is 35.5. The van der Waals surface area contributed by atoms with Gasteiger partial charge in [-0.2, -0.15) is 5.10 Å². The molecule has 0 unspecified atom stereocenters. The van der Waals surface area contributed by atoms with E-state index in [1.165, 1.54) is 5.56 Å². The van der Waals surface area contributed by atoms with Crippen LogP contribution < -0.4 is 10.1 Å². The van der Waals surface area contributed by atoms with E-state index in [0.717, 1.165) is 38.5 Å². The Morgan fingerprint density at radius 2 is 2.50 bits per heavy atom. The number of nitrogens with zero attached hydrogens (tertiary/aromatic N) is 2. The van der Waals surface area contributed by atoms with Crippen LogP contribution in [0.2, 0.25) is 0 Å². The molecular formula is C9H16ClN3O. The monoisotopic (exact) mass is 217 g/mol. The molecule has 0 saturated carbocycles. The number of ether oxygens (including phenoxy) is 1. The number of fused-ring (bicyclic) bond motifs is 1. The number of hydrogen-bond donors (Lipinski definition) is 1. The predicted octanol–water partition coefficient (Wildman–Crippen LogP) is 1.20. The van der Waals surface area contributed by atoms with E-state index in [-0.39, 0.29) is 12.4 Å². The molecule has 0 aromatic carbocycles. The van der Waals surface area contributed by atoms with Gasteiger partial charge in [-0.15, -0.1) is 12.4 Å². The lowest BCUT2D eigenvalue weighted by Crippen LogP contribution is -2.16. The molecule has 1 aromatic heterocycles. The van der Waals surface area contributed by atoms with Crippen molar-refractivity contribution in [3.63, 3.8) is 0 Å². The normalized spacial score (nSPS) is 14.9. The van der Waals surface area contributed by atoms with Gasteiger partial charge >= 0.3 is 0 Å². The molecule has 0 fully saturated rings. The number of aryl methyl sites for hydroxylation is 1. The van der Waals surface area contributed by atoms with Gasteiger partial charge in [0.25, 0.3) is 0 Å². The lowest BCUT2D eigenvalue weighted by molar-refractivity contribution is 0.290. The molecule has 0 radical (unpaired) electrons. The van der Waals surface area contributed by atoms with Crippen molar-refractivity contribution in [3.8, 4) is 5.88 Å². The standard InChI is InChI=1S/C9H15N3O.ClH/c1-2-4-12-9-8(7-11-12)6-10-3-5-13-9;/h7,10H,2-6H2,1H3;1H. The lowest BCUT2D eigenvalue weighted by Gasteiger charge is -2.06. The van der Waals surface area contributed by atoms with Crippen LogP contribution in [0.5, 0.6) is 5.88 Å². The Kier molecular flexibility index (Phi) is 4.22. The highest BCUT2D eigenvalue weighted by molar-refractivity contribution is 5.85. The van der Waals surface area contributed by atoms with Gasteiger partial charge < -0.3 is 10.1 Å². The molecular weight excluding hydrogens is 202 g/mol. The molecule has 5 heteroatoms. The minimum atomic E-state index is 0. The summed E-state index contributed by atoms with van der Waals surface area (Å²) < 4.78 is 7.56. The third-order valence-corrected chi connectivity index (χ3v) is 2.13. The first-order valence-electron chi connectivity index (χ1n) is 4.80. The number of halogens is 1. The molecule has 2 rings (SSSR count). The molecule has 1 aliphatic heterocycles. The van der Waals surface area contributed by atoms with E-state index in [1.54, 1.807) is 0 Å². The molecule has 0 atom stereocenters. The fourth-order valence-electron chi connectivity index (χ4n) is 1.52. The maximum atomic E-state index is 5.61. The van der Waals surface area contributed by atoms with E-state index in [1.807, 2.05) is 10.9 Å².